The Bertz CT molecular complexity index is 899. The SMILES string of the molecule is COC(=O)c1ccc(CNC(=O)Cc2cccc3cccnc23)cc1. The highest BCUT2D eigenvalue weighted by atomic mass is 16.5. The zero-order valence-electron chi connectivity index (χ0n) is 13.9. The van der Waals surface area contributed by atoms with E-state index >= 15 is 0 Å². The summed E-state index contributed by atoms with van der Waals surface area (Å²) in [4.78, 5) is 28.0. The minimum absolute atomic E-state index is 0.0739. The van der Waals surface area contributed by atoms with Crippen molar-refractivity contribution in [1.29, 1.82) is 0 Å². The first-order chi connectivity index (χ1) is 12.2. The second kappa shape index (κ2) is 7.57. The molecule has 1 amide bonds. The highest BCUT2D eigenvalue weighted by Crippen LogP contribution is 2.16. The lowest BCUT2D eigenvalue weighted by molar-refractivity contribution is -0.120. The Balaban J connectivity index is 1.62. The predicted molar refractivity (Wildman–Crippen MR) is 95.1 cm³/mol. The third-order valence-corrected chi connectivity index (χ3v) is 3.93. The number of para-hydroxylation sites is 1. The van der Waals surface area contributed by atoms with Crippen LogP contribution in [0.1, 0.15) is 21.5 Å². The first kappa shape index (κ1) is 16.6. The molecule has 1 heterocycles. The van der Waals surface area contributed by atoms with Gasteiger partial charge in [-0.15, -0.1) is 0 Å². The van der Waals surface area contributed by atoms with E-state index in [4.69, 9.17) is 0 Å². The molecule has 0 bridgehead atoms. The van der Waals surface area contributed by atoms with Crippen LogP contribution < -0.4 is 5.32 Å². The van der Waals surface area contributed by atoms with E-state index < -0.39 is 0 Å². The molecule has 0 aliphatic heterocycles. The van der Waals surface area contributed by atoms with Crippen LogP contribution in [0.2, 0.25) is 0 Å². The third kappa shape index (κ3) is 4.01. The minimum atomic E-state index is -0.376. The largest absolute Gasteiger partial charge is 0.465 e. The van der Waals surface area contributed by atoms with Gasteiger partial charge in [0.1, 0.15) is 0 Å². The standard InChI is InChI=1S/C20H18N2O3/c1-25-20(24)16-9-7-14(8-10-16)13-22-18(23)12-17-5-2-4-15-6-3-11-21-19(15)17/h2-11H,12-13H2,1H3,(H,22,23). The number of esters is 1. The van der Waals surface area contributed by atoms with Crippen molar-refractivity contribution in [2.45, 2.75) is 13.0 Å². The number of hydrogen-bond acceptors (Lipinski definition) is 4. The number of rotatable bonds is 5. The molecular formula is C20H18N2O3. The zero-order valence-corrected chi connectivity index (χ0v) is 13.9. The molecule has 0 spiro atoms. The Morgan fingerprint density at radius 2 is 1.80 bits per heavy atom. The summed E-state index contributed by atoms with van der Waals surface area (Å²) in [6.45, 7) is 0.401. The Morgan fingerprint density at radius 3 is 2.56 bits per heavy atom. The number of fused-ring (bicyclic) bond motifs is 1. The van der Waals surface area contributed by atoms with E-state index in [0.29, 0.717) is 12.1 Å². The van der Waals surface area contributed by atoms with Gasteiger partial charge in [-0.05, 0) is 29.3 Å². The van der Waals surface area contributed by atoms with E-state index in [1.807, 2.05) is 30.3 Å². The lowest BCUT2D eigenvalue weighted by atomic mass is 10.1. The van der Waals surface area contributed by atoms with Gasteiger partial charge < -0.3 is 10.1 Å². The third-order valence-electron chi connectivity index (χ3n) is 3.93. The van der Waals surface area contributed by atoms with Gasteiger partial charge >= 0.3 is 5.97 Å². The second-order valence-corrected chi connectivity index (χ2v) is 5.63. The van der Waals surface area contributed by atoms with Crippen molar-refractivity contribution in [3.05, 3.63) is 77.5 Å². The predicted octanol–water partition coefficient (Wildman–Crippen LogP) is 2.88. The Labute approximate surface area is 145 Å². The molecule has 0 atom stereocenters. The number of nitrogens with one attached hydrogen (secondary N) is 1. The van der Waals surface area contributed by atoms with E-state index in [1.165, 1.54) is 7.11 Å². The minimum Gasteiger partial charge on any atom is -0.465 e. The maximum Gasteiger partial charge on any atom is 0.337 e. The number of benzene rings is 2. The monoisotopic (exact) mass is 334 g/mol. The number of nitrogens with zero attached hydrogens (tertiary/aromatic N) is 1. The van der Waals surface area contributed by atoms with Gasteiger partial charge in [0.25, 0.3) is 0 Å². The molecule has 0 aliphatic carbocycles. The van der Waals surface area contributed by atoms with Crippen LogP contribution in [0.5, 0.6) is 0 Å². The molecule has 0 aliphatic rings. The fraction of sp³-hybridized carbons (Fsp3) is 0.150. The van der Waals surface area contributed by atoms with Gasteiger partial charge in [0.05, 0.1) is 24.6 Å². The molecule has 0 saturated carbocycles. The van der Waals surface area contributed by atoms with Crippen molar-refractivity contribution in [3.63, 3.8) is 0 Å². The highest BCUT2D eigenvalue weighted by molar-refractivity contribution is 5.89. The van der Waals surface area contributed by atoms with Crippen LogP contribution in [-0.4, -0.2) is 24.0 Å². The molecular weight excluding hydrogens is 316 g/mol. The number of amides is 1. The topological polar surface area (TPSA) is 68.3 Å². The van der Waals surface area contributed by atoms with Gasteiger partial charge in [-0.2, -0.15) is 0 Å². The van der Waals surface area contributed by atoms with Crippen LogP contribution >= 0.6 is 0 Å². The fourth-order valence-corrected chi connectivity index (χ4v) is 2.62. The van der Waals surface area contributed by atoms with Gasteiger partial charge in [-0.25, -0.2) is 4.79 Å². The maximum atomic E-state index is 12.2. The summed E-state index contributed by atoms with van der Waals surface area (Å²) in [6, 6.07) is 16.6. The van der Waals surface area contributed by atoms with Gasteiger partial charge in [-0.1, -0.05) is 36.4 Å². The Hall–Kier alpha value is -3.21. The number of pyridine rings is 1. The van der Waals surface area contributed by atoms with Gasteiger partial charge in [0, 0.05) is 18.1 Å². The number of methoxy groups -OCH3 is 1. The van der Waals surface area contributed by atoms with E-state index in [2.05, 4.69) is 15.0 Å². The normalized spacial score (nSPS) is 10.4. The summed E-state index contributed by atoms with van der Waals surface area (Å²) in [5, 5.41) is 3.91. The summed E-state index contributed by atoms with van der Waals surface area (Å²) in [6.07, 6.45) is 2.00. The average Bonchev–Trinajstić information content (AvgIpc) is 2.66. The van der Waals surface area contributed by atoms with Gasteiger partial charge in [0.15, 0.2) is 0 Å². The molecule has 3 aromatic rings. The molecule has 0 radical (unpaired) electrons. The molecule has 1 aromatic heterocycles. The lowest BCUT2D eigenvalue weighted by Crippen LogP contribution is -2.24. The molecule has 1 N–H and O–H groups in total. The van der Waals surface area contributed by atoms with Gasteiger partial charge in [0.2, 0.25) is 5.91 Å². The first-order valence-electron chi connectivity index (χ1n) is 7.94. The summed E-state index contributed by atoms with van der Waals surface area (Å²) in [5.41, 5.74) is 3.15. The zero-order chi connectivity index (χ0) is 17.6. The Morgan fingerprint density at radius 1 is 1.04 bits per heavy atom. The number of carbonyl (C=O) groups excluding carboxylic acids is 2. The Kier molecular flexibility index (Phi) is 5.04. The molecule has 5 heteroatoms. The molecule has 25 heavy (non-hydrogen) atoms. The van der Waals surface area contributed by atoms with Crippen LogP contribution in [0.15, 0.2) is 60.8 Å². The van der Waals surface area contributed by atoms with Gasteiger partial charge in [-0.3, -0.25) is 9.78 Å². The number of hydrogen-bond donors (Lipinski definition) is 1. The molecule has 5 nitrogen and oxygen atoms in total. The summed E-state index contributed by atoms with van der Waals surface area (Å²) >= 11 is 0. The number of aromatic nitrogens is 1. The van der Waals surface area contributed by atoms with E-state index in [1.54, 1.807) is 30.5 Å². The van der Waals surface area contributed by atoms with Crippen LogP contribution in [-0.2, 0) is 22.5 Å². The molecule has 0 unspecified atom stereocenters. The summed E-state index contributed by atoms with van der Waals surface area (Å²) in [5.74, 6) is -0.450. The summed E-state index contributed by atoms with van der Waals surface area (Å²) in [7, 11) is 1.35. The van der Waals surface area contributed by atoms with E-state index in [-0.39, 0.29) is 18.3 Å². The molecule has 0 fully saturated rings. The van der Waals surface area contributed by atoms with Crippen molar-refractivity contribution in [3.8, 4) is 0 Å². The molecule has 0 saturated heterocycles. The number of ether oxygens (including phenoxy) is 1. The average molecular weight is 334 g/mol. The fourth-order valence-electron chi connectivity index (χ4n) is 2.62. The van der Waals surface area contributed by atoms with Crippen LogP contribution in [0.25, 0.3) is 10.9 Å². The second-order valence-electron chi connectivity index (χ2n) is 5.63. The lowest BCUT2D eigenvalue weighted by Gasteiger charge is -2.08. The highest BCUT2D eigenvalue weighted by Gasteiger charge is 2.08. The van der Waals surface area contributed by atoms with Crippen molar-refractivity contribution in [2.75, 3.05) is 7.11 Å². The first-order valence-corrected chi connectivity index (χ1v) is 7.94. The van der Waals surface area contributed by atoms with Crippen molar-refractivity contribution < 1.29 is 14.3 Å². The smallest absolute Gasteiger partial charge is 0.337 e. The van der Waals surface area contributed by atoms with E-state index in [9.17, 15) is 9.59 Å². The van der Waals surface area contributed by atoms with Crippen molar-refractivity contribution in [1.82, 2.24) is 10.3 Å². The number of carbonyl (C=O) groups is 2. The van der Waals surface area contributed by atoms with Crippen molar-refractivity contribution >= 4 is 22.8 Å². The van der Waals surface area contributed by atoms with Crippen LogP contribution in [0.4, 0.5) is 0 Å². The molecule has 2 aromatic carbocycles. The van der Waals surface area contributed by atoms with Crippen LogP contribution in [0, 0.1) is 0 Å². The summed E-state index contributed by atoms with van der Waals surface area (Å²) < 4.78 is 4.66. The van der Waals surface area contributed by atoms with Crippen molar-refractivity contribution in [2.24, 2.45) is 0 Å². The molecule has 126 valence electrons. The molecule has 3 rings (SSSR count). The van der Waals surface area contributed by atoms with Crippen LogP contribution in [0.3, 0.4) is 0 Å². The quantitative estimate of drug-likeness (QED) is 0.729. The maximum absolute atomic E-state index is 12.2. The van der Waals surface area contributed by atoms with E-state index in [0.717, 1.165) is 22.0 Å².